The minimum Gasteiger partial charge on any atom is -0.352 e. The molecule has 1 aromatic rings. The van der Waals surface area contributed by atoms with Crippen LogP contribution in [0.15, 0.2) is 9.95 Å². The lowest BCUT2D eigenvalue weighted by atomic mass is 10.1. The summed E-state index contributed by atoms with van der Waals surface area (Å²) in [5.74, 6) is 0.0506. The van der Waals surface area contributed by atoms with Crippen LogP contribution in [0.1, 0.15) is 64.3 Å². The Morgan fingerprint density at radius 3 is 2.59 bits per heavy atom. The Morgan fingerprint density at radius 1 is 1.27 bits per heavy atom. The second-order valence-electron chi connectivity index (χ2n) is 6.37. The fraction of sp³-hybridized carbons (Fsp3) is 0.800. The third-order valence-electron chi connectivity index (χ3n) is 4.44. The van der Waals surface area contributed by atoms with E-state index >= 15 is 0 Å². The summed E-state index contributed by atoms with van der Waals surface area (Å²) >= 11 is 1.37. The van der Waals surface area contributed by atoms with Crippen LogP contribution in [-0.2, 0) is 4.79 Å². The van der Waals surface area contributed by atoms with Crippen molar-refractivity contribution in [1.82, 2.24) is 20.1 Å². The van der Waals surface area contributed by atoms with Crippen LogP contribution in [0.5, 0.6) is 0 Å². The van der Waals surface area contributed by atoms with Gasteiger partial charge in [-0.1, -0.05) is 37.4 Å². The van der Waals surface area contributed by atoms with E-state index in [0.717, 1.165) is 25.7 Å². The van der Waals surface area contributed by atoms with E-state index in [1.807, 2.05) is 6.92 Å². The quantitative estimate of drug-likeness (QED) is 0.643. The fourth-order valence-electron chi connectivity index (χ4n) is 2.98. The summed E-state index contributed by atoms with van der Waals surface area (Å²) in [6.45, 7) is 1.88. The first-order valence-corrected chi connectivity index (χ1v) is 9.17. The summed E-state index contributed by atoms with van der Waals surface area (Å²) < 4.78 is 1.69. The topological polar surface area (TPSA) is 79.8 Å². The number of hydrogen-bond donors (Lipinski definition) is 2. The van der Waals surface area contributed by atoms with Gasteiger partial charge in [-0.15, -0.1) is 5.10 Å². The van der Waals surface area contributed by atoms with Gasteiger partial charge in [0.25, 0.3) is 0 Å². The molecule has 2 N–H and O–H groups in total. The molecule has 3 rings (SSSR count). The first-order valence-electron chi connectivity index (χ1n) is 8.29. The number of aromatic nitrogens is 3. The van der Waals surface area contributed by atoms with E-state index in [-0.39, 0.29) is 22.9 Å². The van der Waals surface area contributed by atoms with Crippen LogP contribution in [-0.4, -0.2) is 32.0 Å². The lowest BCUT2D eigenvalue weighted by molar-refractivity contribution is -0.121. The molecule has 2 aliphatic carbocycles. The Morgan fingerprint density at radius 2 is 1.95 bits per heavy atom. The first-order chi connectivity index (χ1) is 10.6. The molecule has 0 radical (unpaired) electrons. The molecule has 1 aromatic heterocycles. The molecule has 2 aliphatic rings. The number of hydrogen-bond acceptors (Lipinski definition) is 4. The molecule has 0 aromatic carbocycles. The number of thioether (sulfide) groups is 1. The highest BCUT2D eigenvalue weighted by Gasteiger charge is 2.30. The van der Waals surface area contributed by atoms with Crippen molar-refractivity contribution < 1.29 is 4.79 Å². The second-order valence-corrected chi connectivity index (χ2v) is 7.68. The van der Waals surface area contributed by atoms with Crippen LogP contribution in [0.25, 0.3) is 0 Å². The van der Waals surface area contributed by atoms with E-state index in [4.69, 9.17) is 0 Å². The molecule has 1 atom stereocenters. The van der Waals surface area contributed by atoms with Gasteiger partial charge in [0, 0.05) is 12.1 Å². The number of nitrogens with one attached hydrogen (secondary N) is 2. The molecule has 0 unspecified atom stereocenters. The molecule has 0 saturated heterocycles. The summed E-state index contributed by atoms with van der Waals surface area (Å²) in [7, 11) is 0. The highest BCUT2D eigenvalue weighted by Crippen LogP contribution is 2.36. The van der Waals surface area contributed by atoms with Crippen molar-refractivity contribution in [3.8, 4) is 0 Å². The monoisotopic (exact) mass is 324 g/mol. The maximum absolute atomic E-state index is 12.4. The zero-order valence-corrected chi connectivity index (χ0v) is 13.8. The maximum atomic E-state index is 12.4. The van der Waals surface area contributed by atoms with Crippen molar-refractivity contribution in [3.05, 3.63) is 10.5 Å². The van der Waals surface area contributed by atoms with Crippen molar-refractivity contribution in [3.63, 3.8) is 0 Å². The molecule has 0 aliphatic heterocycles. The van der Waals surface area contributed by atoms with Crippen molar-refractivity contribution in [1.29, 1.82) is 0 Å². The van der Waals surface area contributed by atoms with Gasteiger partial charge in [-0.2, -0.15) is 0 Å². The van der Waals surface area contributed by atoms with Gasteiger partial charge < -0.3 is 5.32 Å². The molecular formula is C15H24N4O2S. The third-order valence-corrected chi connectivity index (χ3v) is 5.50. The summed E-state index contributed by atoms with van der Waals surface area (Å²) in [5.41, 5.74) is -0.165. The minimum absolute atomic E-state index is 0.0506. The number of carbonyl (C=O) groups is 1. The van der Waals surface area contributed by atoms with Crippen LogP contribution in [0.3, 0.4) is 0 Å². The molecule has 1 heterocycles. The van der Waals surface area contributed by atoms with Gasteiger partial charge in [0.15, 0.2) is 5.16 Å². The molecular weight excluding hydrogens is 300 g/mol. The van der Waals surface area contributed by atoms with Gasteiger partial charge in [0.1, 0.15) is 0 Å². The highest BCUT2D eigenvalue weighted by atomic mass is 32.2. The maximum Gasteiger partial charge on any atom is 0.344 e. The SMILES string of the molecule is C[C@H](Sc1n[nH]c(=O)n1C1CC1)C(=O)NC1CCCCCC1. The van der Waals surface area contributed by atoms with Gasteiger partial charge in [-0.25, -0.2) is 9.89 Å². The van der Waals surface area contributed by atoms with Crippen LogP contribution >= 0.6 is 11.8 Å². The van der Waals surface area contributed by atoms with Crippen LogP contribution in [0.2, 0.25) is 0 Å². The largest absolute Gasteiger partial charge is 0.352 e. The zero-order chi connectivity index (χ0) is 15.5. The molecule has 122 valence electrons. The Balaban J connectivity index is 1.58. The van der Waals surface area contributed by atoms with Gasteiger partial charge in [-0.3, -0.25) is 9.36 Å². The molecule has 2 saturated carbocycles. The number of amides is 1. The van der Waals surface area contributed by atoms with Crippen molar-refractivity contribution in [2.75, 3.05) is 0 Å². The van der Waals surface area contributed by atoms with Crippen LogP contribution < -0.4 is 11.0 Å². The fourth-order valence-corrected chi connectivity index (χ4v) is 3.92. The van der Waals surface area contributed by atoms with Gasteiger partial charge >= 0.3 is 5.69 Å². The van der Waals surface area contributed by atoms with E-state index in [1.165, 1.54) is 37.4 Å². The average molecular weight is 324 g/mol. The third kappa shape index (κ3) is 3.74. The number of rotatable bonds is 5. The number of aromatic amines is 1. The second kappa shape index (κ2) is 6.89. The van der Waals surface area contributed by atoms with E-state index in [2.05, 4.69) is 15.5 Å². The molecule has 6 nitrogen and oxygen atoms in total. The predicted octanol–water partition coefficient (Wildman–Crippen LogP) is 2.23. The van der Waals surface area contributed by atoms with Crippen molar-refractivity contribution >= 4 is 17.7 Å². The van der Waals surface area contributed by atoms with Crippen molar-refractivity contribution in [2.45, 2.75) is 80.8 Å². The van der Waals surface area contributed by atoms with Crippen LogP contribution in [0.4, 0.5) is 0 Å². The van der Waals surface area contributed by atoms with Gasteiger partial charge in [0.05, 0.1) is 5.25 Å². The summed E-state index contributed by atoms with van der Waals surface area (Å²) in [6.07, 6.45) is 9.16. The van der Waals surface area contributed by atoms with Crippen LogP contribution in [0, 0.1) is 0 Å². The Kier molecular flexibility index (Phi) is 4.90. The van der Waals surface area contributed by atoms with E-state index < -0.39 is 0 Å². The summed E-state index contributed by atoms with van der Waals surface area (Å²) in [5, 5.41) is 10.1. The summed E-state index contributed by atoms with van der Waals surface area (Å²) in [4.78, 5) is 24.1. The Hall–Kier alpha value is -1.24. The molecule has 7 heteroatoms. The summed E-state index contributed by atoms with van der Waals surface area (Å²) in [6, 6.07) is 0.578. The lowest BCUT2D eigenvalue weighted by Crippen LogP contribution is -2.39. The smallest absolute Gasteiger partial charge is 0.344 e. The molecule has 0 spiro atoms. The molecule has 2 fully saturated rings. The number of nitrogens with zero attached hydrogens (tertiary/aromatic N) is 2. The van der Waals surface area contributed by atoms with E-state index in [0.29, 0.717) is 11.2 Å². The molecule has 1 amide bonds. The van der Waals surface area contributed by atoms with E-state index in [9.17, 15) is 9.59 Å². The first kappa shape index (κ1) is 15.6. The minimum atomic E-state index is -0.240. The van der Waals surface area contributed by atoms with Gasteiger partial charge in [0.2, 0.25) is 5.91 Å². The number of carbonyl (C=O) groups excluding carboxylic acids is 1. The van der Waals surface area contributed by atoms with E-state index in [1.54, 1.807) is 4.57 Å². The van der Waals surface area contributed by atoms with Gasteiger partial charge in [-0.05, 0) is 32.6 Å². The normalized spacial score (nSPS) is 21.3. The number of H-pyrrole nitrogens is 1. The lowest BCUT2D eigenvalue weighted by Gasteiger charge is -2.19. The highest BCUT2D eigenvalue weighted by molar-refractivity contribution is 8.00. The molecule has 0 bridgehead atoms. The standard InChI is InChI=1S/C15H24N4O2S/c1-10(13(20)16-11-6-4-2-3-5-7-11)22-15-18-17-14(21)19(15)12-8-9-12/h10-12H,2-9H2,1H3,(H,16,20)(H,17,21)/t10-/m0/s1. The predicted molar refractivity (Wildman–Crippen MR) is 86.1 cm³/mol. The zero-order valence-electron chi connectivity index (χ0n) is 13.0. The Labute approximate surface area is 134 Å². The van der Waals surface area contributed by atoms with Crippen molar-refractivity contribution in [2.24, 2.45) is 0 Å². The Bertz CT molecular complexity index is 570. The molecule has 22 heavy (non-hydrogen) atoms. The average Bonchev–Trinajstić information content (AvgIpc) is 3.29.